The lowest BCUT2D eigenvalue weighted by molar-refractivity contribution is -0.126. The quantitative estimate of drug-likeness (QED) is 0.476. The van der Waals surface area contributed by atoms with Crippen molar-refractivity contribution in [2.45, 2.75) is 37.8 Å². The summed E-state index contributed by atoms with van der Waals surface area (Å²) in [6.45, 7) is 0.454. The Morgan fingerprint density at radius 1 is 1.26 bits per heavy atom. The molecule has 5 nitrogen and oxygen atoms in total. The molecule has 0 heterocycles. The molecule has 0 bridgehead atoms. The van der Waals surface area contributed by atoms with Gasteiger partial charge in [-0.2, -0.15) is 0 Å². The van der Waals surface area contributed by atoms with Crippen LogP contribution in [0.2, 0.25) is 0 Å². The number of hydrogen-bond donors (Lipinski definition) is 4. The average molecular weight is 260 g/mol. The predicted octanol–water partition coefficient (Wildman–Crippen LogP) is 0.858. The Morgan fingerprint density at radius 2 is 1.84 bits per heavy atom. The predicted molar refractivity (Wildman–Crippen MR) is 74.7 cm³/mol. The van der Waals surface area contributed by atoms with Gasteiger partial charge in [0.25, 0.3) is 0 Å². The molecular formula is C14H20N4O. The van der Waals surface area contributed by atoms with E-state index in [1.165, 1.54) is 0 Å². The van der Waals surface area contributed by atoms with E-state index in [-0.39, 0.29) is 11.7 Å². The Bertz CT molecular complexity index is 475. The summed E-state index contributed by atoms with van der Waals surface area (Å²) >= 11 is 0. The number of rotatable bonds is 4. The maximum Gasteiger partial charge on any atom is 0.240 e. The van der Waals surface area contributed by atoms with Crippen molar-refractivity contribution in [2.24, 2.45) is 11.5 Å². The molecule has 0 saturated heterocycles. The molecule has 102 valence electrons. The number of benzene rings is 1. The van der Waals surface area contributed by atoms with Gasteiger partial charge >= 0.3 is 0 Å². The van der Waals surface area contributed by atoms with Crippen molar-refractivity contribution < 1.29 is 4.79 Å². The number of carbonyl (C=O) groups is 1. The van der Waals surface area contributed by atoms with Crippen LogP contribution in [0, 0.1) is 5.41 Å². The van der Waals surface area contributed by atoms with Crippen molar-refractivity contribution in [1.29, 1.82) is 5.41 Å². The van der Waals surface area contributed by atoms with Crippen LogP contribution in [0.3, 0.4) is 0 Å². The molecule has 6 N–H and O–H groups in total. The van der Waals surface area contributed by atoms with Crippen LogP contribution in [-0.4, -0.2) is 17.3 Å². The van der Waals surface area contributed by atoms with E-state index >= 15 is 0 Å². The number of amides is 1. The third-order valence-corrected chi connectivity index (χ3v) is 3.67. The molecule has 1 fully saturated rings. The SMILES string of the molecule is N=C(N)c1ccc(CNC(=O)C2(N)CCCC2)cc1. The minimum Gasteiger partial charge on any atom is -0.384 e. The first-order valence-electron chi connectivity index (χ1n) is 6.52. The molecule has 1 aromatic carbocycles. The van der Waals surface area contributed by atoms with Crippen LogP contribution in [0.25, 0.3) is 0 Å². The van der Waals surface area contributed by atoms with E-state index in [1.54, 1.807) is 12.1 Å². The molecule has 1 aromatic rings. The highest BCUT2D eigenvalue weighted by Gasteiger charge is 2.36. The molecule has 0 aliphatic heterocycles. The molecule has 0 radical (unpaired) electrons. The van der Waals surface area contributed by atoms with E-state index in [1.807, 2.05) is 12.1 Å². The van der Waals surface area contributed by atoms with Gasteiger partial charge in [0.05, 0.1) is 5.54 Å². The van der Waals surface area contributed by atoms with Crippen molar-refractivity contribution in [1.82, 2.24) is 5.32 Å². The summed E-state index contributed by atoms with van der Waals surface area (Å²) in [5.41, 5.74) is 12.4. The summed E-state index contributed by atoms with van der Waals surface area (Å²) in [7, 11) is 0. The van der Waals surface area contributed by atoms with Crippen LogP contribution in [0.5, 0.6) is 0 Å². The minimum absolute atomic E-state index is 0.0439. The summed E-state index contributed by atoms with van der Waals surface area (Å²) < 4.78 is 0. The standard InChI is InChI=1S/C14H20N4O/c15-12(16)11-5-3-10(4-6-11)9-18-13(19)14(17)7-1-2-8-14/h3-6H,1-2,7-9,17H2,(H3,15,16)(H,18,19). The molecule has 2 rings (SSSR count). The average Bonchev–Trinajstić information content (AvgIpc) is 2.84. The third-order valence-electron chi connectivity index (χ3n) is 3.67. The monoisotopic (exact) mass is 260 g/mol. The zero-order chi connectivity index (χ0) is 13.9. The van der Waals surface area contributed by atoms with Gasteiger partial charge in [-0.15, -0.1) is 0 Å². The smallest absolute Gasteiger partial charge is 0.240 e. The summed E-state index contributed by atoms with van der Waals surface area (Å²) in [6, 6.07) is 7.26. The number of nitrogens with two attached hydrogens (primary N) is 2. The van der Waals surface area contributed by atoms with Crippen LogP contribution < -0.4 is 16.8 Å². The van der Waals surface area contributed by atoms with Crippen LogP contribution in [0.4, 0.5) is 0 Å². The lowest BCUT2D eigenvalue weighted by Gasteiger charge is -2.22. The molecule has 0 spiro atoms. The fraction of sp³-hybridized carbons (Fsp3) is 0.429. The molecule has 1 aliphatic rings. The highest BCUT2D eigenvalue weighted by Crippen LogP contribution is 2.27. The number of hydrogen-bond acceptors (Lipinski definition) is 3. The number of amidine groups is 1. The van der Waals surface area contributed by atoms with Crippen molar-refractivity contribution in [3.63, 3.8) is 0 Å². The van der Waals surface area contributed by atoms with E-state index in [4.69, 9.17) is 16.9 Å². The Hall–Kier alpha value is -1.88. The molecule has 1 aliphatic carbocycles. The molecule has 1 amide bonds. The van der Waals surface area contributed by atoms with Crippen molar-refractivity contribution in [2.75, 3.05) is 0 Å². The summed E-state index contributed by atoms with van der Waals surface area (Å²) in [6.07, 6.45) is 3.58. The van der Waals surface area contributed by atoms with Crippen LogP contribution >= 0.6 is 0 Å². The van der Waals surface area contributed by atoms with Crippen molar-refractivity contribution in [3.05, 3.63) is 35.4 Å². The first-order valence-corrected chi connectivity index (χ1v) is 6.52. The third kappa shape index (κ3) is 3.12. The zero-order valence-electron chi connectivity index (χ0n) is 10.9. The lowest BCUT2D eigenvalue weighted by atomic mass is 9.98. The second-order valence-electron chi connectivity index (χ2n) is 5.16. The Balaban J connectivity index is 1.91. The van der Waals surface area contributed by atoms with Gasteiger partial charge in [-0.25, -0.2) is 0 Å². The largest absolute Gasteiger partial charge is 0.384 e. The van der Waals surface area contributed by atoms with Gasteiger partial charge in [-0.3, -0.25) is 10.2 Å². The Kier molecular flexibility index (Phi) is 3.85. The van der Waals surface area contributed by atoms with Gasteiger partial charge in [-0.1, -0.05) is 37.1 Å². The van der Waals surface area contributed by atoms with Crippen LogP contribution in [0.1, 0.15) is 36.8 Å². The van der Waals surface area contributed by atoms with Crippen molar-refractivity contribution >= 4 is 11.7 Å². The number of nitrogens with one attached hydrogen (secondary N) is 2. The highest BCUT2D eigenvalue weighted by molar-refractivity contribution is 5.94. The van der Waals surface area contributed by atoms with E-state index in [2.05, 4.69) is 5.32 Å². The summed E-state index contributed by atoms with van der Waals surface area (Å²) in [5, 5.41) is 10.2. The molecule has 0 aromatic heterocycles. The van der Waals surface area contributed by atoms with E-state index in [0.717, 1.165) is 31.2 Å². The summed E-state index contributed by atoms with van der Waals surface area (Å²) in [5.74, 6) is -0.0249. The molecule has 19 heavy (non-hydrogen) atoms. The van der Waals surface area contributed by atoms with Gasteiger partial charge < -0.3 is 16.8 Å². The maximum absolute atomic E-state index is 12.0. The second-order valence-corrected chi connectivity index (χ2v) is 5.16. The first-order chi connectivity index (χ1) is 9.01. The van der Waals surface area contributed by atoms with Crippen LogP contribution in [0.15, 0.2) is 24.3 Å². The molecule has 0 unspecified atom stereocenters. The van der Waals surface area contributed by atoms with Gasteiger partial charge in [-0.05, 0) is 18.4 Å². The Morgan fingerprint density at radius 3 is 2.37 bits per heavy atom. The lowest BCUT2D eigenvalue weighted by Crippen LogP contribution is -2.51. The van der Waals surface area contributed by atoms with E-state index in [9.17, 15) is 4.79 Å². The minimum atomic E-state index is -0.681. The van der Waals surface area contributed by atoms with E-state index in [0.29, 0.717) is 12.1 Å². The zero-order valence-corrected chi connectivity index (χ0v) is 10.9. The fourth-order valence-electron chi connectivity index (χ4n) is 2.39. The van der Waals surface area contributed by atoms with Gasteiger partial charge in [0.2, 0.25) is 5.91 Å². The van der Waals surface area contributed by atoms with E-state index < -0.39 is 5.54 Å². The molecule has 5 heteroatoms. The van der Waals surface area contributed by atoms with Gasteiger partial charge in [0.1, 0.15) is 5.84 Å². The van der Waals surface area contributed by atoms with Crippen LogP contribution in [-0.2, 0) is 11.3 Å². The highest BCUT2D eigenvalue weighted by atomic mass is 16.2. The molecule has 0 atom stereocenters. The normalized spacial score (nSPS) is 17.1. The van der Waals surface area contributed by atoms with Gasteiger partial charge in [0, 0.05) is 12.1 Å². The van der Waals surface area contributed by atoms with Gasteiger partial charge in [0.15, 0.2) is 0 Å². The number of nitrogen functional groups attached to an aromatic ring is 1. The van der Waals surface area contributed by atoms with Crippen molar-refractivity contribution in [3.8, 4) is 0 Å². The fourth-order valence-corrected chi connectivity index (χ4v) is 2.39. The number of carbonyl (C=O) groups excluding carboxylic acids is 1. The summed E-state index contributed by atoms with van der Waals surface area (Å²) in [4.78, 5) is 12.0. The molecule has 1 saturated carbocycles. The second kappa shape index (κ2) is 5.40. The molecular weight excluding hydrogens is 240 g/mol. The topological polar surface area (TPSA) is 105 Å². The first kappa shape index (κ1) is 13.5. The maximum atomic E-state index is 12.0. The Labute approximate surface area is 112 Å².